The van der Waals surface area contributed by atoms with Crippen molar-refractivity contribution in [1.82, 2.24) is 0 Å². The molecular weight excluding hydrogens is 408 g/mol. The molecule has 31 heavy (non-hydrogen) atoms. The van der Waals surface area contributed by atoms with Gasteiger partial charge in [0, 0.05) is 11.6 Å². The van der Waals surface area contributed by atoms with Gasteiger partial charge in [-0.15, -0.1) is 0 Å². The predicted molar refractivity (Wildman–Crippen MR) is 110 cm³/mol. The Kier molecular flexibility index (Phi) is 8.13. The lowest BCUT2D eigenvalue weighted by Gasteiger charge is -2.21. The van der Waals surface area contributed by atoms with Gasteiger partial charge in [-0.3, -0.25) is 4.79 Å². The molecule has 0 fully saturated rings. The molecular formula is C22H24O9. The molecule has 0 radical (unpaired) electrons. The molecule has 0 amide bonds. The quantitative estimate of drug-likeness (QED) is 0.350. The number of carbonyl (C=O) groups is 2. The molecule has 2 rings (SSSR count). The second kappa shape index (κ2) is 10.8. The first kappa shape index (κ1) is 23.4. The second-order valence-corrected chi connectivity index (χ2v) is 6.21. The van der Waals surface area contributed by atoms with E-state index in [1.807, 2.05) is 0 Å². The summed E-state index contributed by atoms with van der Waals surface area (Å²) in [6.45, 7) is 0. The molecule has 0 aliphatic heterocycles. The van der Waals surface area contributed by atoms with Crippen LogP contribution in [0.1, 0.15) is 23.7 Å². The topological polar surface area (TPSA) is 121 Å². The lowest BCUT2D eigenvalue weighted by Crippen LogP contribution is -2.16. The number of ether oxygens (including phenoxy) is 5. The molecule has 2 aromatic rings. The van der Waals surface area contributed by atoms with E-state index in [2.05, 4.69) is 0 Å². The van der Waals surface area contributed by atoms with E-state index in [0.29, 0.717) is 16.9 Å². The van der Waals surface area contributed by atoms with Crippen molar-refractivity contribution < 1.29 is 43.5 Å². The predicted octanol–water partition coefficient (Wildman–Crippen LogP) is 2.98. The Labute approximate surface area is 179 Å². The normalized spacial score (nSPS) is 11.6. The number of carbonyl (C=O) groups excluding carboxylic acids is 2. The van der Waals surface area contributed by atoms with Gasteiger partial charge in [-0.25, -0.2) is 4.79 Å². The van der Waals surface area contributed by atoms with Crippen LogP contribution in [0, 0.1) is 0 Å². The van der Waals surface area contributed by atoms with Crippen molar-refractivity contribution in [2.45, 2.75) is 12.5 Å². The van der Waals surface area contributed by atoms with Gasteiger partial charge < -0.3 is 33.9 Å². The molecule has 0 spiro atoms. The summed E-state index contributed by atoms with van der Waals surface area (Å²) in [6, 6.07) is 7.27. The third kappa shape index (κ3) is 5.81. The zero-order valence-corrected chi connectivity index (χ0v) is 17.6. The van der Waals surface area contributed by atoms with E-state index < -0.39 is 18.0 Å². The molecule has 0 bridgehead atoms. The van der Waals surface area contributed by atoms with Crippen molar-refractivity contribution in [3.8, 4) is 28.7 Å². The monoisotopic (exact) mass is 432 g/mol. The number of rotatable bonds is 9. The van der Waals surface area contributed by atoms with Gasteiger partial charge in [0.25, 0.3) is 0 Å². The highest BCUT2D eigenvalue weighted by atomic mass is 16.6. The molecule has 0 aromatic heterocycles. The highest BCUT2D eigenvalue weighted by molar-refractivity contribution is 5.87. The van der Waals surface area contributed by atoms with Crippen LogP contribution in [-0.4, -0.2) is 50.6 Å². The minimum absolute atomic E-state index is 0.246. The summed E-state index contributed by atoms with van der Waals surface area (Å²) in [5.41, 5.74) is 0.843. The van der Waals surface area contributed by atoms with Crippen molar-refractivity contribution in [3.05, 3.63) is 47.5 Å². The number of hydrogen-bond acceptors (Lipinski definition) is 9. The molecule has 0 saturated heterocycles. The van der Waals surface area contributed by atoms with Gasteiger partial charge in [0.1, 0.15) is 6.10 Å². The summed E-state index contributed by atoms with van der Waals surface area (Å²) in [5, 5.41) is 18.9. The van der Waals surface area contributed by atoms with Crippen molar-refractivity contribution in [1.29, 1.82) is 0 Å². The van der Waals surface area contributed by atoms with E-state index in [1.165, 1.54) is 52.7 Å². The Bertz CT molecular complexity index is 966. The molecule has 1 unspecified atom stereocenters. The number of phenolic OH excluding ortho intramolecular Hbond substituents is 2. The fourth-order valence-electron chi connectivity index (χ4n) is 2.82. The van der Waals surface area contributed by atoms with E-state index in [1.54, 1.807) is 12.1 Å². The third-order valence-corrected chi connectivity index (χ3v) is 4.33. The maximum atomic E-state index is 12.4. The van der Waals surface area contributed by atoms with Gasteiger partial charge in [-0.1, -0.05) is 6.07 Å². The van der Waals surface area contributed by atoms with Gasteiger partial charge in [0.2, 0.25) is 5.75 Å². The second-order valence-electron chi connectivity index (χ2n) is 6.21. The van der Waals surface area contributed by atoms with Crippen LogP contribution in [0.4, 0.5) is 0 Å². The Morgan fingerprint density at radius 1 is 0.935 bits per heavy atom. The first-order valence-corrected chi connectivity index (χ1v) is 9.10. The van der Waals surface area contributed by atoms with Gasteiger partial charge in [-0.05, 0) is 35.9 Å². The number of esters is 2. The van der Waals surface area contributed by atoms with Crippen LogP contribution >= 0.6 is 0 Å². The summed E-state index contributed by atoms with van der Waals surface area (Å²) in [4.78, 5) is 24.4. The van der Waals surface area contributed by atoms with Gasteiger partial charge in [0.15, 0.2) is 23.0 Å². The summed E-state index contributed by atoms with van der Waals surface area (Å²) in [6.07, 6.45) is 1.22. The summed E-state index contributed by atoms with van der Waals surface area (Å²) in [7, 11) is 5.54. The van der Waals surface area contributed by atoms with Gasteiger partial charge in [-0.2, -0.15) is 0 Å². The number of hydrogen-bond donors (Lipinski definition) is 2. The van der Waals surface area contributed by atoms with Gasteiger partial charge in [0.05, 0.1) is 34.9 Å². The Morgan fingerprint density at radius 3 is 2.23 bits per heavy atom. The lowest BCUT2D eigenvalue weighted by atomic mass is 10.0. The SMILES string of the molecule is COC(=O)CC(OC(=O)/C=C/c1ccc(O)c(O)c1)c1ccc(OC)c(OC)c1OC. The lowest BCUT2D eigenvalue weighted by molar-refractivity contribution is -0.150. The van der Waals surface area contributed by atoms with Crippen LogP contribution < -0.4 is 14.2 Å². The molecule has 0 saturated carbocycles. The zero-order chi connectivity index (χ0) is 23.0. The number of phenols is 2. The molecule has 166 valence electrons. The molecule has 9 heteroatoms. The van der Waals surface area contributed by atoms with Crippen LogP contribution in [0.3, 0.4) is 0 Å². The molecule has 2 aromatic carbocycles. The van der Waals surface area contributed by atoms with Crippen LogP contribution in [0.15, 0.2) is 36.4 Å². The minimum Gasteiger partial charge on any atom is -0.504 e. The van der Waals surface area contributed by atoms with Crippen LogP contribution in [0.25, 0.3) is 6.08 Å². The number of aromatic hydroxyl groups is 2. The van der Waals surface area contributed by atoms with Crippen LogP contribution in [0.2, 0.25) is 0 Å². The average Bonchev–Trinajstić information content (AvgIpc) is 2.77. The van der Waals surface area contributed by atoms with E-state index in [4.69, 9.17) is 23.7 Å². The van der Waals surface area contributed by atoms with Crippen LogP contribution in [0.5, 0.6) is 28.7 Å². The Hall–Kier alpha value is -3.88. The molecule has 0 aliphatic carbocycles. The van der Waals surface area contributed by atoms with Crippen molar-refractivity contribution in [2.24, 2.45) is 0 Å². The molecule has 0 aliphatic rings. The Morgan fingerprint density at radius 2 is 1.65 bits per heavy atom. The zero-order valence-electron chi connectivity index (χ0n) is 17.6. The summed E-state index contributed by atoms with van der Waals surface area (Å²) in [5.74, 6) is -1.02. The summed E-state index contributed by atoms with van der Waals surface area (Å²) >= 11 is 0. The van der Waals surface area contributed by atoms with E-state index >= 15 is 0 Å². The Balaban J connectivity index is 2.34. The molecule has 2 N–H and O–H groups in total. The average molecular weight is 432 g/mol. The van der Waals surface area contributed by atoms with Crippen molar-refractivity contribution in [2.75, 3.05) is 28.4 Å². The van der Waals surface area contributed by atoms with E-state index in [0.717, 1.165) is 6.08 Å². The molecule has 0 heterocycles. The molecule has 1 atom stereocenters. The van der Waals surface area contributed by atoms with Gasteiger partial charge >= 0.3 is 11.9 Å². The maximum absolute atomic E-state index is 12.4. The smallest absolute Gasteiger partial charge is 0.331 e. The third-order valence-electron chi connectivity index (χ3n) is 4.33. The maximum Gasteiger partial charge on any atom is 0.331 e. The van der Waals surface area contributed by atoms with Crippen LogP contribution in [-0.2, 0) is 19.1 Å². The van der Waals surface area contributed by atoms with E-state index in [9.17, 15) is 19.8 Å². The first-order valence-electron chi connectivity index (χ1n) is 9.10. The fourth-order valence-corrected chi connectivity index (χ4v) is 2.82. The minimum atomic E-state index is -1.03. The fraction of sp³-hybridized carbons (Fsp3) is 0.273. The largest absolute Gasteiger partial charge is 0.504 e. The highest BCUT2D eigenvalue weighted by Crippen LogP contribution is 2.43. The number of benzene rings is 2. The van der Waals surface area contributed by atoms with Crippen molar-refractivity contribution in [3.63, 3.8) is 0 Å². The van der Waals surface area contributed by atoms with E-state index in [-0.39, 0.29) is 29.4 Å². The molecule has 9 nitrogen and oxygen atoms in total. The first-order chi connectivity index (χ1) is 14.8. The standard InChI is InChI=1S/C22H24O9/c1-27-17-9-7-14(21(29-3)22(17)30-4)18(12-20(26)28-2)31-19(25)10-6-13-5-8-15(23)16(24)11-13/h5-11,18,23-24H,12H2,1-4H3/b10-6+. The number of methoxy groups -OCH3 is 4. The van der Waals surface area contributed by atoms with Crippen molar-refractivity contribution >= 4 is 18.0 Å². The highest BCUT2D eigenvalue weighted by Gasteiger charge is 2.27. The summed E-state index contributed by atoms with van der Waals surface area (Å²) < 4.78 is 26.2.